The molecule has 2 aromatic rings. The zero-order valence-corrected chi connectivity index (χ0v) is 14.6. The third-order valence-electron chi connectivity index (χ3n) is 5.76. The van der Waals surface area contributed by atoms with Gasteiger partial charge in [-0.25, -0.2) is 0 Å². The fourth-order valence-corrected chi connectivity index (χ4v) is 4.33. The number of carbonyl (C=O) groups is 1. The summed E-state index contributed by atoms with van der Waals surface area (Å²) >= 11 is 0. The molecule has 2 aromatic heterocycles. The van der Waals surface area contributed by atoms with Gasteiger partial charge >= 0.3 is 0 Å². The van der Waals surface area contributed by atoms with E-state index in [9.17, 15) is 4.79 Å². The van der Waals surface area contributed by atoms with Crippen molar-refractivity contribution >= 4 is 16.8 Å². The van der Waals surface area contributed by atoms with Crippen LogP contribution in [0.1, 0.15) is 25.5 Å². The van der Waals surface area contributed by atoms with Crippen LogP contribution in [0.15, 0.2) is 24.5 Å². The van der Waals surface area contributed by atoms with E-state index in [1.54, 1.807) is 6.92 Å². The smallest absolute Gasteiger partial charge is 0.219 e. The number of nitrogens with zero attached hydrogens (tertiary/aromatic N) is 4. The number of fused-ring (bicyclic) bond motifs is 1. The summed E-state index contributed by atoms with van der Waals surface area (Å²) in [4.78, 5) is 20.7. The van der Waals surface area contributed by atoms with Gasteiger partial charge in [-0.05, 0) is 37.3 Å². The van der Waals surface area contributed by atoms with Gasteiger partial charge in [-0.1, -0.05) is 0 Å². The molecule has 2 saturated heterocycles. The van der Waals surface area contributed by atoms with Gasteiger partial charge in [0.1, 0.15) is 0 Å². The molecule has 1 amide bonds. The van der Waals surface area contributed by atoms with E-state index in [1.807, 2.05) is 11.1 Å². The maximum absolute atomic E-state index is 11.4. The van der Waals surface area contributed by atoms with Crippen molar-refractivity contribution in [3.63, 3.8) is 0 Å². The Morgan fingerprint density at radius 2 is 2.00 bits per heavy atom. The molecule has 0 saturated carbocycles. The highest BCUT2D eigenvalue weighted by Crippen LogP contribution is 2.29. The number of aryl methyl sites for hydroxylation is 1. The molecular formula is C19H26N4O. The van der Waals surface area contributed by atoms with Gasteiger partial charge in [-0.15, -0.1) is 0 Å². The van der Waals surface area contributed by atoms with Gasteiger partial charge in [0.2, 0.25) is 5.91 Å². The third-order valence-corrected chi connectivity index (χ3v) is 5.76. The Balaban J connectivity index is 1.33. The summed E-state index contributed by atoms with van der Waals surface area (Å²) in [5.74, 6) is 0.931. The average molecular weight is 326 g/mol. The van der Waals surface area contributed by atoms with Gasteiger partial charge in [-0.2, -0.15) is 0 Å². The number of hydrogen-bond acceptors (Lipinski definition) is 3. The van der Waals surface area contributed by atoms with E-state index >= 15 is 0 Å². The highest BCUT2D eigenvalue weighted by molar-refractivity contribution is 5.81. The summed E-state index contributed by atoms with van der Waals surface area (Å²) in [7, 11) is 2.10. The van der Waals surface area contributed by atoms with Crippen LogP contribution in [0.4, 0.5) is 0 Å². The number of aromatic nitrogens is 2. The van der Waals surface area contributed by atoms with Crippen LogP contribution < -0.4 is 0 Å². The maximum Gasteiger partial charge on any atom is 0.219 e. The molecule has 0 radical (unpaired) electrons. The number of rotatable bonds is 3. The van der Waals surface area contributed by atoms with E-state index in [-0.39, 0.29) is 5.91 Å². The molecule has 0 bridgehead atoms. The van der Waals surface area contributed by atoms with Crippen molar-refractivity contribution < 1.29 is 4.79 Å². The van der Waals surface area contributed by atoms with Gasteiger partial charge < -0.3 is 9.47 Å². The number of pyridine rings is 1. The first-order valence-electron chi connectivity index (χ1n) is 9.00. The zero-order valence-electron chi connectivity index (χ0n) is 14.6. The maximum atomic E-state index is 11.4. The van der Waals surface area contributed by atoms with E-state index in [0.29, 0.717) is 12.0 Å². The van der Waals surface area contributed by atoms with Crippen LogP contribution in [0.3, 0.4) is 0 Å². The summed E-state index contributed by atoms with van der Waals surface area (Å²) in [6, 6.07) is 4.92. The van der Waals surface area contributed by atoms with Gasteiger partial charge in [0, 0.05) is 64.0 Å². The van der Waals surface area contributed by atoms with Crippen LogP contribution in [-0.2, 0) is 18.3 Å². The predicted octanol–water partition coefficient (Wildman–Crippen LogP) is 2.06. The van der Waals surface area contributed by atoms with Crippen LogP contribution in [0.5, 0.6) is 0 Å². The lowest BCUT2D eigenvalue weighted by Crippen LogP contribution is -2.56. The molecule has 5 nitrogen and oxygen atoms in total. The first-order chi connectivity index (χ1) is 11.6. The lowest BCUT2D eigenvalue weighted by atomic mass is 9.89. The van der Waals surface area contributed by atoms with Crippen molar-refractivity contribution in [2.24, 2.45) is 13.0 Å². The van der Waals surface area contributed by atoms with Gasteiger partial charge in [-0.3, -0.25) is 14.7 Å². The minimum Gasteiger partial charge on any atom is -0.349 e. The molecule has 0 N–H and O–H groups in total. The molecule has 0 aromatic carbocycles. The number of piperidine rings is 1. The summed E-state index contributed by atoms with van der Waals surface area (Å²) in [5.41, 5.74) is 2.52. The van der Waals surface area contributed by atoms with E-state index in [2.05, 4.69) is 39.8 Å². The molecular weight excluding hydrogens is 300 g/mol. The lowest BCUT2D eigenvalue weighted by Gasteiger charge is -2.47. The van der Waals surface area contributed by atoms with Crippen molar-refractivity contribution in [3.05, 3.63) is 30.2 Å². The van der Waals surface area contributed by atoms with Crippen molar-refractivity contribution in [2.45, 2.75) is 32.2 Å². The second-order valence-corrected chi connectivity index (χ2v) is 7.38. The van der Waals surface area contributed by atoms with E-state index < -0.39 is 0 Å². The molecule has 2 aliphatic rings. The van der Waals surface area contributed by atoms with Crippen LogP contribution in [-0.4, -0.2) is 57.5 Å². The monoisotopic (exact) mass is 326 g/mol. The fraction of sp³-hybridized carbons (Fsp3) is 0.579. The van der Waals surface area contributed by atoms with Crippen LogP contribution in [0.2, 0.25) is 0 Å². The van der Waals surface area contributed by atoms with Gasteiger partial charge in [0.15, 0.2) is 0 Å². The Hall–Kier alpha value is -1.88. The second-order valence-electron chi connectivity index (χ2n) is 7.38. The van der Waals surface area contributed by atoms with Crippen molar-refractivity contribution in [3.8, 4) is 0 Å². The lowest BCUT2D eigenvalue weighted by molar-refractivity contribution is -0.130. The van der Waals surface area contributed by atoms with E-state index in [4.69, 9.17) is 0 Å². The molecule has 0 unspecified atom stereocenters. The first-order valence-corrected chi connectivity index (χ1v) is 9.00. The summed E-state index contributed by atoms with van der Waals surface area (Å²) in [6.07, 6.45) is 7.37. The summed E-state index contributed by atoms with van der Waals surface area (Å²) in [5, 5.41) is 1.29. The molecule has 0 atom stereocenters. The fourth-order valence-electron chi connectivity index (χ4n) is 4.33. The molecule has 0 aliphatic carbocycles. The van der Waals surface area contributed by atoms with Crippen LogP contribution in [0, 0.1) is 5.92 Å². The molecule has 4 heterocycles. The Kier molecular flexibility index (Phi) is 4.04. The molecule has 5 heteroatoms. The first kappa shape index (κ1) is 15.6. The Labute approximate surface area is 143 Å². The molecule has 128 valence electrons. The zero-order chi connectivity index (χ0) is 16.7. The van der Waals surface area contributed by atoms with Gasteiger partial charge in [0.25, 0.3) is 0 Å². The van der Waals surface area contributed by atoms with E-state index in [0.717, 1.165) is 32.4 Å². The molecule has 4 rings (SSSR count). The normalized spacial score (nSPS) is 20.5. The molecule has 2 fully saturated rings. The number of hydrogen-bond donors (Lipinski definition) is 0. The van der Waals surface area contributed by atoms with E-state index in [1.165, 1.54) is 29.7 Å². The average Bonchev–Trinajstić information content (AvgIpc) is 2.93. The summed E-state index contributed by atoms with van der Waals surface area (Å²) < 4.78 is 2.19. The Morgan fingerprint density at radius 3 is 2.71 bits per heavy atom. The van der Waals surface area contributed by atoms with Crippen LogP contribution >= 0.6 is 0 Å². The molecule has 24 heavy (non-hydrogen) atoms. The number of carbonyl (C=O) groups excluding carboxylic acids is 1. The molecule has 2 aliphatic heterocycles. The molecule has 0 spiro atoms. The Bertz CT molecular complexity index is 739. The highest BCUT2D eigenvalue weighted by atomic mass is 16.2. The largest absolute Gasteiger partial charge is 0.349 e. The SMILES string of the molecule is CC(=O)N1CCC(N2CC(Cc3nccc4ccn(C)c34)C2)CC1. The standard InChI is InChI=1S/C19H26N4O/c1-14(24)22-9-5-17(6-10-22)23-12-15(13-23)11-18-19-16(3-7-20-18)4-8-21(19)2/h3-4,7-8,15,17H,5-6,9-13H2,1-2H3. The Morgan fingerprint density at radius 1 is 1.25 bits per heavy atom. The quantitative estimate of drug-likeness (QED) is 0.867. The van der Waals surface area contributed by atoms with Gasteiger partial charge in [0.05, 0.1) is 11.2 Å². The number of likely N-dealkylation sites (tertiary alicyclic amines) is 2. The summed E-state index contributed by atoms with van der Waals surface area (Å²) in [6.45, 7) is 5.87. The second kappa shape index (κ2) is 6.20. The highest BCUT2D eigenvalue weighted by Gasteiger charge is 2.34. The predicted molar refractivity (Wildman–Crippen MR) is 94.8 cm³/mol. The van der Waals surface area contributed by atoms with Crippen molar-refractivity contribution in [1.82, 2.24) is 19.4 Å². The third kappa shape index (κ3) is 2.81. The topological polar surface area (TPSA) is 41.4 Å². The minimum atomic E-state index is 0.219. The van der Waals surface area contributed by atoms with Crippen molar-refractivity contribution in [1.29, 1.82) is 0 Å². The van der Waals surface area contributed by atoms with Crippen LogP contribution in [0.25, 0.3) is 10.9 Å². The van der Waals surface area contributed by atoms with Crippen molar-refractivity contribution in [2.75, 3.05) is 26.2 Å². The number of amides is 1. The minimum absolute atomic E-state index is 0.219.